The van der Waals surface area contributed by atoms with Crippen LogP contribution in [0.4, 0.5) is 0 Å². The van der Waals surface area contributed by atoms with Crippen LogP contribution in [0.3, 0.4) is 0 Å². The predicted octanol–water partition coefficient (Wildman–Crippen LogP) is 2.21. The van der Waals surface area contributed by atoms with Crippen molar-refractivity contribution < 1.29 is 14.3 Å². The summed E-state index contributed by atoms with van der Waals surface area (Å²) in [5.74, 6) is -0.882. The Balaban J connectivity index is 1.65. The number of pyridine rings is 1. The van der Waals surface area contributed by atoms with Gasteiger partial charge in [0.05, 0.1) is 5.69 Å². The molecule has 1 fully saturated rings. The zero-order valence-electron chi connectivity index (χ0n) is 12.5. The second-order valence-corrected chi connectivity index (χ2v) is 5.77. The van der Waals surface area contributed by atoms with Gasteiger partial charge in [-0.25, -0.2) is 9.78 Å². The summed E-state index contributed by atoms with van der Waals surface area (Å²) in [5, 5.41) is 3.08. The highest BCUT2D eigenvalue weighted by atomic mass is 35.5. The van der Waals surface area contributed by atoms with Crippen molar-refractivity contribution >= 4 is 35.2 Å². The Labute approximate surface area is 138 Å². The lowest BCUT2D eigenvalue weighted by Crippen LogP contribution is -2.36. The van der Waals surface area contributed by atoms with E-state index in [9.17, 15) is 9.59 Å². The molecule has 0 aliphatic heterocycles. The molecular formula is C16H16ClN3O3. The summed E-state index contributed by atoms with van der Waals surface area (Å²) in [5.41, 5.74) is 1.26. The Hall–Kier alpha value is -2.34. The third-order valence-corrected chi connectivity index (χ3v) is 3.76. The van der Waals surface area contributed by atoms with E-state index in [2.05, 4.69) is 10.3 Å². The van der Waals surface area contributed by atoms with Gasteiger partial charge in [0.2, 0.25) is 0 Å². The van der Waals surface area contributed by atoms with Gasteiger partial charge in [-0.3, -0.25) is 9.20 Å². The Bertz CT molecular complexity index is 780. The maximum absolute atomic E-state index is 11.8. The largest absolute Gasteiger partial charge is 0.449 e. The van der Waals surface area contributed by atoms with Crippen LogP contribution in [0.1, 0.15) is 25.5 Å². The van der Waals surface area contributed by atoms with Crippen LogP contribution in [0.25, 0.3) is 11.7 Å². The lowest BCUT2D eigenvalue weighted by atomic mass is 10.3. The number of amides is 1. The van der Waals surface area contributed by atoms with Crippen molar-refractivity contribution in [3.8, 4) is 0 Å². The molecule has 1 N–H and O–H groups in total. The normalized spacial score (nSPS) is 15.7. The number of imidazole rings is 1. The van der Waals surface area contributed by atoms with E-state index in [-0.39, 0.29) is 11.9 Å². The summed E-state index contributed by atoms with van der Waals surface area (Å²) in [4.78, 5) is 27.8. The highest BCUT2D eigenvalue weighted by Crippen LogP contribution is 2.20. The van der Waals surface area contributed by atoms with Crippen LogP contribution in [0, 0.1) is 0 Å². The van der Waals surface area contributed by atoms with Crippen LogP contribution in [0.2, 0.25) is 5.15 Å². The van der Waals surface area contributed by atoms with Crippen LogP contribution >= 0.6 is 11.6 Å². The van der Waals surface area contributed by atoms with Crippen LogP contribution in [-0.4, -0.2) is 33.4 Å². The van der Waals surface area contributed by atoms with Crippen molar-refractivity contribution in [2.45, 2.75) is 31.9 Å². The molecule has 2 aromatic rings. The molecule has 6 nitrogen and oxygen atoms in total. The zero-order valence-corrected chi connectivity index (χ0v) is 13.3. The fourth-order valence-electron chi connectivity index (χ4n) is 2.10. The standard InChI is InChI=1S/C16H16ClN3O3/c1-10(16(22)18-11-5-6-11)23-14(21)8-7-12-15(17)19-13-4-2-3-9-20(12)13/h2-4,7-11H,5-6H2,1H3,(H,18,22)/b8-7+/t10-/m1/s1. The first-order chi connectivity index (χ1) is 11.0. The van der Waals surface area contributed by atoms with Gasteiger partial charge in [-0.1, -0.05) is 17.7 Å². The Kier molecular flexibility index (Phi) is 4.34. The summed E-state index contributed by atoms with van der Waals surface area (Å²) in [7, 11) is 0. The first-order valence-corrected chi connectivity index (χ1v) is 7.74. The van der Waals surface area contributed by atoms with Gasteiger partial charge in [-0.2, -0.15) is 0 Å². The molecule has 23 heavy (non-hydrogen) atoms. The van der Waals surface area contributed by atoms with Gasteiger partial charge in [-0.15, -0.1) is 0 Å². The van der Waals surface area contributed by atoms with Gasteiger partial charge >= 0.3 is 5.97 Å². The van der Waals surface area contributed by atoms with Gasteiger partial charge in [-0.05, 0) is 38.0 Å². The number of carbonyl (C=O) groups is 2. The number of nitrogens with one attached hydrogen (secondary N) is 1. The van der Waals surface area contributed by atoms with Crippen LogP contribution in [-0.2, 0) is 14.3 Å². The molecule has 1 aliphatic rings. The lowest BCUT2D eigenvalue weighted by molar-refractivity contribution is -0.150. The summed E-state index contributed by atoms with van der Waals surface area (Å²) in [6.07, 6.45) is 5.70. The predicted molar refractivity (Wildman–Crippen MR) is 86.0 cm³/mol. The van der Waals surface area contributed by atoms with E-state index in [1.807, 2.05) is 18.2 Å². The number of ether oxygens (including phenoxy) is 1. The number of esters is 1. The monoisotopic (exact) mass is 333 g/mol. The fraction of sp³-hybridized carbons (Fsp3) is 0.312. The van der Waals surface area contributed by atoms with E-state index >= 15 is 0 Å². The van der Waals surface area contributed by atoms with Gasteiger partial charge in [0.1, 0.15) is 5.65 Å². The lowest BCUT2D eigenvalue weighted by Gasteiger charge is -2.11. The molecule has 3 rings (SSSR count). The molecule has 1 aliphatic carbocycles. The fourth-order valence-corrected chi connectivity index (χ4v) is 2.34. The number of halogens is 1. The van der Waals surface area contributed by atoms with Gasteiger partial charge in [0.25, 0.3) is 5.91 Å². The molecule has 120 valence electrons. The molecular weight excluding hydrogens is 318 g/mol. The maximum atomic E-state index is 11.8. The van der Waals surface area contributed by atoms with Gasteiger partial charge < -0.3 is 10.1 Å². The van der Waals surface area contributed by atoms with E-state index in [0.29, 0.717) is 16.5 Å². The summed E-state index contributed by atoms with van der Waals surface area (Å²) in [6.45, 7) is 1.55. The third-order valence-electron chi connectivity index (χ3n) is 3.49. The molecule has 0 saturated heterocycles. The van der Waals surface area contributed by atoms with Crippen molar-refractivity contribution in [1.29, 1.82) is 0 Å². The third kappa shape index (κ3) is 3.71. The van der Waals surface area contributed by atoms with E-state index < -0.39 is 12.1 Å². The van der Waals surface area contributed by atoms with Crippen molar-refractivity contribution in [2.24, 2.45) is 0 Å². The summed E-state index contributed by atoms with van der Waals surface area (Å²) in [6, 6.07) is 5.73. The molecule has 0 unspecified atom stereocenters. The molecule has 7 heteroatoms. The molecule has 1 saturated carbocycles. The molecule has 0 spiro atoms. The number of rotatable bonds is 5. The number of nitrogens with zero attached hydrogens (tertiary/aromatic N) is 2. The number of hydrogen-bond acceptors (Lipinski definition) is 4. The molecule has 0 radical (unpaired) electrons. The second kappa shape index (κ2) is 6.42. The first kappa shape index (κ1) is 15.6. The van der Waals surface area contributed by atoms with Crippen molar-refractivity contribution in [1.82, 2.24) is 14.7 Å². The van der Waals surface area contributed by atoms with Gasteiger partial charge in [0, 0.05) is 18.3 Å². The maximum Gasteiger partial charge on any atom is 0.331 e. The van der Waals surface area contributed by atoms with Crippen molar-refractivity contribution in [3.63, 3.8) is 0 Å². The first-order valence-electron chi connectivity index (χ1n) is 7.36. The summed E-state index contributed by atoms with van der Waals surface area (Å²) >= 11 is 6.07. The van der Waals surface area contributed by atoms with Gasteiger partial charge in [0.15, 0.2) is 11.3 Å². The Morgan fingerprint density at radius 3 is 3.00 bits per heavy atom. The van der Waals surface area contributed by atoms with E-state index in [4.69, 9.17) is 16.3 Å². The number of hydrogen-bond donors (Lipinski definition) is 1. The molecule has 0 aromatic carbocycles. The van der Waals surface area contributed by atoms with Crippen LogP contribution < -0.4 is 5.32 Å². The van der Waals surface area contributed by atoms with Crippen molar-refractivity contribution in [2.75, 3.05) is 0 Å². The summed E-state index contributed by atoms with van der Waals surface area (Å²) < 4.78 is 6.84. The molecule has 2 heterocycles. The smallest absolute Gasteiger partial charge is 0.331 e. The molecule has 1 atom stereocenters. The second-order valence-electron chi connectivity index (χ2n) is 5.41. The number of aromatic nitrogens is 2. The van der Waals surface area contributed by atoms with Crippen molar-refractivity contribution in [3.05, 3.63) is 41.3 Å². The average molecular weight is 334 g/mol. The minimum absolute atomic E-state index is 0.233. The molecule has 2 aromatic heterocycles. The Morgan fingerprint density at radius 1 is 1.48 bits per heavy atom. The zero-order chi connectivity index (χ0) is 16.4. The SMILES string of the molecule is C[C@@H](OC(=O)/C=C/c1c(Cl)nc2ccccn12)C(=O)NC1CC1. The quantitative estimate of drug-likeness (QED) is 0.672. The Morgan fingerprint density at radius 2 is 2.26 bits per heavy atom. The van der Waals surface area contributed by atoms with E-state index in [1.165, 1.54) is 12.2 Å². The number of carbonyl (C=O) groups excluding carboxylic acids is 2. The molecule has 0 bridgehead atoms. The topological polar surface area (TPSA) is 72.7 Å². The van der Waals surface area contributed by atoms with E-state index in [0.717, 1.165) is 12.8 Å². The van der Waals surface area contributed by atoms with Crippen LogP contribution in [0.15, 0.2) is 30.5 Å². The highest BCUT2D eigenvalue weighted by Gasteiger charge is 2.26. The van der Waals surface area contributed by atoms with E-state index in [1.54, 1.807) is 17.5 Å². The average Bonchev–Trinajstić information content (AvgIpc) is 3.26. The minimum atomic E-state index is -0.828. The highest BCUT2D eigenvalue weighted by molar-refractivity contribution is 6.31. The number of fused-ring (bicyclic) bond motifs is 1. The molecule has 1 amide bonds. The minimum Gasteiger partial charge on any atom is -0.449 e. The van der Waals surface area contributed by atoms with Crippen LogP contribution in [0.5, 0.6) is 0 Å².